The number of carboxylic acids is 1. The molecule has 0 amide bonds. The molecule has 40 heavy (non-hydrogen) atoms. The lowest BCUT2D eigenvalue weighted by Gasteiger charge is -2.35. The van der Waals surface area contributed by atoms with Crippen molar-refractivity contribution < 1.29 is 19.0 Å². The summed E-state index contributed by atoms with van der Waals surface area (Å²) >= 11 is 0. The maximum Gasteiger partial charge on any atom is 0.307 e. The van der Waals surface area contributed by atoms with Gasteiger partial charge in [-0.1, -0.05) is 83.2 Å². The molecule has 0 aromatic heterocycles. The summed E-state index contributed by atoms with van der Waals surface area (Å²) in [6, 6.07) is 16.2. The van der Waals surface area contributed by atoms with Crippen LogP contribution in [0, 0.1) is 26.6 Å². The first-order valence-corrected chi connectivity index (χ1v) is 14.6. The van der Waals surface area contributed by atoms with Gasteiger partial charge >= 0.3 is 5.97 Å². The third-order valence-corrected chi connectivity index (χ3v) is 8.48. The third kappa shape index (κ3) is 6.39. The van der Waals surface area contributed by atoms with Crippen LogP contribution in [0.3, 0.4) is 0 Å². The van der Waals surface area contributed by atoms with E-state index in [2.05, 4.69) is 84.0 Å². The zero-order chi connectivity index (χ0) is 29.7. The first-order chi connectivity index (χ1) is 19.1. The molecule has 3 nitrogen and oxygen atoms in total. The van der Waals surface area contributed by atoms with Crippen molar-refractivity contribution >= 4 is 12.0 Å². The van der Waals surface area contributed by atoms with Gasteiger partial charge in [0.05, 0.1) is 13.0 Å². The van der Waals surface area contributed by atoms with Gasteiger partial charge in [0.25, 0.3) is 0 Å². The van der Waals surface area contributed by atoms with Crippen molar-refractivity contribution in [2.75, 3.05) is 6.61 Å². The number of halogens is 1. The Morgan fingerprint density at radius 2 is 1.55 bits per heavy atom. The van der Waals surface area contributed by atoms with E-state index in [4.69, 9.17) is 9.84 Å². The Bertz CT molecular complexity index is 1350. The van der Waals surface area contributed by atoms with E-state index in [9.17, 15) is 9.18 Å². The molecule has 4 rings (SSSR count). The van der Waals surface area contributed by atoms with E-state index in [-0.39, 0.29) is 23.0 Å². The molecule has 0 saturated carbocycles. The van der Waals surface area contributed by atoms with Crippen LogP contribution in [0.1, 0.15) is 92.8 Å². The SMILES string of the molecule is CC.CCC1(/C=C/c2ccc(C(CC)(CC)c3cc(C)c(-c4ccc(CC(=O)O)c(F)c4)c(C)c3)cc2C)CO1. The van der Waals surface area contributed by atoms with Crippen LogP contribution in [0.5, 0.6) is 0 Å². The van der Waals surface area contributed by atoms with Crippen LogP contribution in [-0.4, -0.2) is 23.3 Å². The number of aliphatic carboxylic acids is 1. The Kier molecular flexibility index (Phi) is 10.1. The van der Waals surface area contributed by atoms with Gasteiger partial charge in [-0.05, 0) is 102 Å². The van der Waals surface area contributed by atoms with Crippen LogP contribution in [0.15, 0.2) is 54.6 Å². The minimum atomic E-state index is -1.04. The van der Waals surface area contributed by atoms with Crippen LogP contribution >= 0.6 is 0 Å². The summed E-state index contributed by atoms with van der Waals surface area (Å²) in [6.45, 7) is 17.8. The summed E-state index contributed by atoms with van der Waals surface area (Å²) in [4.78, 5) is 11.0. The molecule has 4 heteroatoms. The Balaban J connectivity index is 0.00000216. The van der Waals surface area contributed by atoms with Crippen molar-refractivity contribution in [3.63, 3.8) is 0 Å². The summed E-state index contributed by atoms with van der Waals surface area (Å²) in [6.07, 6.45) is 6.98. The van der Waals surface area contributed by atoms with E-state index in [0.29, 0.717) is 0 Å². The molecule has 0 spiro atoms. The lowest BCUT2D eigenvalue weighted by Crippen LogP contribution is -2.26. The number of benzene rings is 3. The molecule has 1 N–H and O–H groups in total. The third-order valence-electron chi connectivity index (χ3n) is 8.48. The Hall–Kier alpha value is -3.24. The molecular formula is C36H45FO3. The quantitative estimate of drug-likeness (QED) is 0.259. The molecule has 214 valence electrons. The predicted molar refractivity (Wildman–Crippen MR) is 165 cm³/mol. The van der Waals surface area contributed by atoms with Crippen molar-refractivity contribution in [3.05, 3.63) is 99.4 Å². The van der Waals surface area contributed by atoms with Gasteiger partial charge in [-0.2, -0.15) is 0 Å². The van der Waals surface area contributed by atoms with Crippen LogP contribution in [0.4, 0.5) is 4.39 Å². The first kappa shape index (κ1) is 31.3. The van der Waals surface area contributed by atoms with Gasteiger partial charge in [-0.25, -0.2) is 4.39 Å². The number of rotatable bonds is 10. The summed E-state index contributed by atoms with van der Waals surface area (Å²) < 4.78 is 20.3. The molecule has 1 fully saturated rings. The van der Waals surface area contributed by atoms with Crippen molar-refractivity contribution in [1.82, 2.24) is 0 Å². The number of aryl methyl sites for hydroxylation is 3. The molecule has 1 atom stereocenters. The molecule has 3 aromatic rings. The zero-order valence-electron chi connectivity index (χ0n) is 25.5. The molecule has 1 aliphatic heterocycles. The number of carboxylic acid groups (broad SMARTS) is 1. The van der Waals surface area contributed by atoms with Crippen LogP contribution in [-0.2, 0) is 21.4 Å². The van der Waals surface area contributed by atoms with E-state index in [1.165, 1.54) is 28.3 Å². The minimum Gasteiger partial charge on any atom is -0.481 e. The fraction of sp³-hybridized carbons (Fsp3) is 0.417. The molecule has 1 aliphatic rings. The normalized spacial score (nSPS) is 16.5. The van der Waals surface area contributed by atoms with Gasteiger partial charge in [0.1, 0.15) is 11.4 Å². The highest BCUT2D eigenvalue weighted by atomic mass is 19.1. The summed E-state index contributed by atoms with van der Waals surface area (Å²) in [7, 11) is 0. The maximum absolute atomic E-state index is 14.7. The van der Waals surface area contributed by atoms with E-state index in [1.807, 2.05) is 19.9 Å². The van der Waals surface area contributed by atoms with Gasteiger partial charge in [0.15, 0.2) is 0 Å². The van der Waals surface area contributed by atoms with Gasteiger partial charge in [-0.3, -0.25) is 4.79 Å². The molecular weight excluding hydrogens is 499 g/mol. The van der Waals surface area contributed by atoms with E-state index in [0.717, 1.165) is 48.1 Å². The maximum atomic E-state index is 14.7. The van der Waals surface area contributed by atoms with Crippen LogP contribution in [0.2, 0.25) is 0 Å². The zero-order valence-corrected chi connectivity index (χ0v) is 25.5. The molecule has 0 bridgehead atoms. The average molecular weight is 545 g/mol. The van der Waals surface area contributed by atoms with Crippen molar-refractivity contribution in [1.29, 1.82) is 0 Å². The van der Waals surface area contributed by atoms with Gasteiger partial charge < -0.3 is 9.84 Å². The number of hydrogen-bond acceptors (Lipinski definition) is 2. The van der Waals surface area contributed by atoms with Crippen LogP contribution in [0.25, 0.3) is 17.2 Å². The second kappa shape index (κ2) is 13.0. The Morgan fingerprint density at radius 3 is 2.02 bits per heavy atom. The standard InChI is InChI=1S/C34H39FO3.C2H6/c1-7-33(21-38-33)15-14-25-12-13-28(16-22(25)4)34(8-2,9-3)29-17-23(5)32(24(6)18-29)27-11-10-26(20-31(36)37)30(35)19-27;1-2/h10-19H,7-9,20-21H2,1-6H3,(H,36,37);1-2H3/b15-14+;. The van der Waals surface area contributed by atoms with Gasteiger partial charge in [0.2, 0.25) is 0 Å². The highest BCUT2D eigenvalue weighted by Crippen LogP contribution is 2.42. The number of carbonyl (C=O) groups is 1. The number of hydrogen-bond donors (Lipinski definition) is 1. The van der Waals surface area contributed by atoms with Gasteiger partial charge in [-0.15, -0.1) is 0 Å². The first-order valence-electron chi connectivity index (χ1n) is 14.6. The lowest BCUT2D eigenvalue weighted by molar-refractivity contribution is -0.136. The smallest absolute Gasteiger partial charge is 0.307 e. The summed E-state index contributed by atoms with van der Waals surface area (Å²) in [5, 5.41) is 9.04. The number of ether oxygens (including phenoxy) is 1. The topological polar surface area (TPSA) is 49.8 Å². The fourth-order valence-electron chi connectivity index (χ4n) is 5.85. The average Bonchev–Trinajstić information content (AvgIpc) is 3.72. The molecule has 3 aromatic carbocycles. The molecule has 0 aliphatic carbocycles. The molecule has 1 unspecified atom stereocenters. The second-order valence-electron chi connectivity index (χ2n) is 10.8. The van der Waals surface area contributed by atoms with E-state index >= 15 is 0 Å². The predicted octanol–water partition coefficient (Wildman–Crippen LogP) is 9.37. The highest BCUT2D eigenvalue weighted by molar-refractivity contribution is 5.74. The summed E-state index contributed by atoms with van der Waals surface area (Å²) in [5.41, 5.74) is 8.97. The van der Waals surface area contributed by atoms with Crippen molar-refractivity contribution in [3.8, 4) is 11.1 Å². The molecule has 1 saturated heterocycles. The molecule has 1 heterocycles. The van der Waals surface area contributed by atoms with Crippen molar-refractivity contribution in [2.45, 2.75) is 92.1 Å². The van der Waals surface area contributed by atoms with E-state index in [1.54, 1.807) is 6.07 Å². The fourth-order valence-corrected chi connectivity index (χ4v) is 5.85. The van der Waals surface area contributed by atoms with Crippen LogP contribution < -0.4 is 0 Å². The second-order valence-corrected chi connectivity index (χ2v) is 10.8. The Labute approximate surface area is 240 Å². The van der Waals surface area contributed by atoms with Gasteiger partial charge in [0, 0.05) is 5.41 Å². The number of epoxide rings is 1. The molecule has 0 radical (unpaired) electrons. The van der Waals surface area contributed by atoms with E-state index < -0.39 is 11.8 Å². The lowest BCUT2D eigenvalue weighted by atomic mass is 9.69. The van der Waals surface area contributed by atoms with Crippen molar-refractivity contribution in [2.24, 2.45) is 0 Å². The highest BCUT2D eigenvalue weighted by Gasteiger charge is 2.39. The summed E-state index contributed by atoms with van der Waals surface area (Å²) in [5.74, 6) is -1.52. The Morgan fingerprint density at radius 1 is 0.950 bits per heavy atom. The minimum absolute atomic E-state index is 0.0714. The monoisotopic (exact) mass is 544 g/mol. The largest absolute Gasteiger partial charge is 0.481 e.